The molecule has 2 rings (SSSR count). The summed E-state index contributed by atoms with van der Waals surface area (Å²) < 4.78 is 5.27. The highest BCUT2D eigenvalue weighted by molar-refractivity contribution is 5.60. The lowest BCUT2D eigenvalue weighted by molar-refractivity contribution is 0.415. The quantitative estimate of drug-likeness (QED) is 0.882. The Labute approximate surface area is 101 Å². The average molecular weight is 231 g/mol. The molecule has 0 aliphatic carbocycles. The standard InChI is InChI=1S/C13H17N3O/c1-4-11(14)12-15-13(17-16-12)10-7-5-6-8(2)9(10)3/h5-7,11H,4,14H2,1-3H3. The number of hydrogen-bond donors (Lipinski definition) is 1. The number of benzene rings is 1. The highest BCUT2D eigenvalue weighted by atomic mass is 16.5. The summed E-state index contributed by atoms with van der Waals surface area (Å²) in [5.41, 5.74) is 9.22. The lowest BCUT2D eigenvalue weighted by Crippen LogP contribution is -2.10. The van der Waals surface area contributed by atoms with Crippen LogP contribution in [0.4, 0.5) is 0 Å². The van der Waals surface area contributed by atoms with Gasteiger partial charge in [0.05, 0.1) is 6.04 Å². The smallest absolute Gasteiger partial charge is 0.258 e. The molecule has 17 heavy (non-hydrogen) atoms. The summed E-state index contributed by atoms with van der Waals surface area (Å²) in [6, 6.07) is 5.88. The molecule has 0 amide bonds. The number of nitrogens with zero attached hydrogens (tertiary/aromatic N) is 2. The van der Waals surface area contributed by atoms with Crippen LogP contribution in [-0.2, 0) is 0 Å². The van der Waals surface area contributed by atoms with E-state index >= 15 is 0 Å². The molecular weight excluding hydrogens is 214 g/mol. The van der Waals surface area contributed by atoms with E-state index in [0.29, 0.717) is 11.7 Å². The first-order valence-electron chi connectivity index (χ1n) is 5.79. The minimum atomic E-state index is -0.155. The van der Waals surface area contributed by atoms with E-state index in [0.717, 1.165) is 17.5 Å². The van der Waals surface area contributed by atoms with Crippen LogP contribution in [0.15, 0.2) is 22.7 Å². The molecule has 4 heteroatoms. The Kier molecular flexibility index (Phi) is 3.24. The molecule has 1 heterocycles. The predicted octanol–water partition coefficient (Wildman–Crippen LogP) is 2.76. The highest BCUT2D eigenvalue weighted by Crippen LogP contribution is 2.24. The number of aromatic nitrogens is 2. The molecule has 4 nitrogen and oxygen atoms in total. The highest BCUT2D eigenvalue weighted by Gasteiger charge is 2.15. The monoisotopic (exact) mass is 231 g/mol. The molecule has 2 N–H and O–H groups in total. The Morgan fingerprint density at radius 2 is 2.12 bits per heavy atom. The summed E-state index contributed by atoms with van der Waals surface area (Å²) in [6.07, 6.45) is 0.797. The van der Waals surface area contributed by atoms with Gasteiger partial charge < -0.3 is 10.3 Å². The number of aryl methyl sites for hydroxylation is 1. The Morgan fingerprint density at radius 1 is 1.35 bits per heavy atom. The van der Waals surface area contributed by atoms with E-state index in [9.17, 15) is 0 Å². The second-order valence-corrected chi connectivity index (χ2v) is 4.22. The van der Waals surface area contributed by atoms with Crippen molar-refractivity contribution < 1.29 is 4.52 Å². The van der Waals surface area contributed by atoms with E-state index in [1.807, 2.05) is 26.0 Å². The lowest BCUT2D eigenvalue weighted by atomic mass is 10.0. The third-order valence-corrected chi connectivity index (χ3v) is 3.05. The van der Waals surface area contributed by atoms with Crippen LogP contribution in [0.3, 0.4) is 0 Å². The molecule has 1 aromatic heterocycles. The number of rotatable bonds is 3. The van der Waals surface area contributed by atoms with Gasteiger partial charge in [-0.2, -0.15) is 4.98 Å². The zero-order chi connectivity index (χ0) is 12.4. The van der Waals surface area contributed by atoms with Crippen molar-refractivity contribution in [3.63, 3.8) is 0 Å². The first-order valence-corrected chi connectivity index (χ1v) is 5.79. The van der Waals surface area contributed by atoms with Crippen molar-refractivity contribution in [3.05, 3.63) is 35.2 Å². The van der Waals surface area contributed by atoms with Crippen LogP contribution in [0.1, 0.15) is 36.3 Å². The van der Waals surface area contributed by atoms with Gasteiger partial charge in [0.2, 0.25) is 0 Å². The molecule has 0 radical (unpaired) electrons. The van der Waals surface area contributed by atoms with E-state index < -0.39 is 0 Å². The van der Waals surface area contributed by atoms with Crippen LogP contribution < -0.4 is 5.73 Å². The lowest BCUT2D eigenvalue weighted by Gasteiger charge is -2.03. The largest absolute Gasteiger partial charge is 0.334 e. The second-order valence-electron chi connectivity index (χ2n) is 4.22. The van der Waals surface area contributed by atoms with Gasteiger partial charge in [0, 0.05) is 5.56 Å². The first kappa shape index (κ1) is 11.8. The summed E-state index contributed by atoms with van der Waals surface area (Å²) in [5, 5.41) is 3.92. The molecule has 0 fully saturated rings. The third-order valence-electron chi connectivity index (χ3n) is 3.05. The van der Waals surface area contributed by atoms with Crippen molar-refractivity contribution in [2.24, 2.45) is 5.73 Å². The molecule has 1 unspecified atom stereocenters. The van der Waals surface area contributed by atoms with Crippen LogP contribution in [-0.4, -0.2) is 10.1 Å². The predicted molar refractivity (Wildman–Crippen MR) is 66.4 cm³/mol. The molecule has 0 saturated heterocycles. The molecular formula is C13H17N3O. The molecule has 2 aromatic rings. The van der Waals surface area contributed by atoms with Crippen LogP contribution in [0.2, 0.25) is 0 Å². The second kappa shape index (κ2) is 4.67. The molecule has 0 spiro atoms. The van der Waals surface area contributed by atoms with Crippen LogP contribution in [0.25, 0.3) is 11.5 Å². The zero-order valence-corrected chi connectivity index (χ0v) is 10.4. The van der Waals surface area contributed by atoms with E-state index in [1.54, 1.807) is 0 Å². The Morgan fingerprint density at radius 3 is 2.82 bits per heavy atom. The van der Waals surface area contributed by atoms with Crippen molar-refractivity contribution in [2.45, 2.75) is 33.2 Å². The van der Waals surface area contributed by atoms with Crippen LogP contribution >= 0.6 is 0 Å². The van der Waals surface area contributed by atoms with Crippen molar-refractivity contribution >= 4 is 0 Å². The normalized spacial score (nSPS) is 12.7. The van der Waals surface area contributed by atoms with Gasteiger partial charge in [-0.3, -0.25) is 0 Å². The first-order chi connectivity index (χ1) is 8.13. The average Bonchev–Trinajstić information content (AvgIpc) is 2.81. The summed E-state index contributed by atoms with van der Waals surface area (Å²) in [5.74, 6) is 1.12. The van der Waals surface area contributed by atoms with Gasteiger partial charge in [-0.15, -0.1) is 0 Å². The van der Waals surface area contributed by atoms with Crippen molar-refractivity contribution in [3.8, 4) is 11.5 Å². The van der Waals surface area contributed by atoms with E-state index in [1.165, 1.54) is 5.56 Å². The molecule has 1 atom stereocenters. The van der Waals surface area contributed by atoms with Gasteiger partial charge in [-0.1, -0.05) is 24.2 Å². The molecule has 0 saturated carbocycles. The number of hydrogen-bond acceptors (Lipinski definition) is 4. The maximum Gasteiger partial charge on any atom is 0.258 e. The van der Waals surface area contributed by atoms with E-state index in [4.69, 9.17) is 10.3 Å². The van der Waals surface area contributed by atoms with Gasteiger partial charge in [0.25, 0.3) is 5.89 Å². The molecule has 0 aliphatic heterocycles. The Hall–Kier alpha value is -1.68. The Balaban J connectivity index is 2.40. The van der Waals surface area contributed by atoms with Gasteiger partial charge in [-0.25, -0.2) is 0 Å². The summed E-state index contributed by atoms with van der Waals surface area (Å²) in [7, 11) is 0. The fourth-order valence-corrected chi connectivity index (χ4v) is 1.66. The maximum atomic E-state index is 5.87. The minimum Gasteiger partial charge on any atom is -0.334 e. The number of nitrogens with two attached hydrogens (primary N) is 1. The fraction of sp³-hybridized carbons (Fsp3) is 0.385. The molecule has 0 bridgehead atoms. The molecule has 90 valence electrons. The van der Waals surface area contributed by atoms with Gasteiger partial charge >= 0.3 is 0 Å². The topological polar surface area (TPSA) is 64.9 Å². The summed E-state index contributed by atoms with van der Waals surface area (Å²) >= 11 is 0. The van der Waals surface area contributed by atoms with Gasteiger partial charge in [0.1, 0.15) is 0 Å². The van der Waals surface area contributed by atoms with Crippen LogP contribution in [0, 0.1) is 13.8 Å². The Bertz CT molecular complexity index is 519. The van der Waals surface area contributed by atoms with Crippen molar-refractivity contribution in [1.82, 2.24) is 10.1 Å². The van der Waals surface area contributed by atoms with Crippen molar-refractivity contribution in [1.29, 1.82) is 0 Å². The minimum absolute atomic E-state index is 0.155. The third kappa shape index (κ3) is 2.22. The SMILES string of the molecule is CCC(N)c1noc(-c2cccc(C)c2C)n1. The van der Waals surface area contributed by atoms with E-state index in [-0.39, 0.29) is 6.04 Å². The van der Waals surface area contributed by atoms with Crippen LogP contribution in [0.5, 0.6) is 0 Å². The maximum absolute atomic E-state index is 5.87. The van der Waals surface area contributed by atoms with Gasteiger partial charge in [0.15, 0.2) is 5.82 Å². The van der Waals surface area contributed by atoms with E-state index in [2.05, 4.69) is 23.1 Å². The zero-order valence-electron chi connectivity index (χ0n) is 10.4. The molecule has 1 aromatic carbocycles. The van der Waals surface area contributed by atoms with Crippen molar-refractivity contribution in [2.75, 3.05) is 0 Å². The summed E-state index contributed by atoms with van der Waals surface area (Å²) in [4.78, 5) is 4.35. The fourth-order valence-electron chi connectivity index (χ4n) is 1.66. The van der Waals surface area contributed by atoms with Gasteiger partial charge in [-0.05, 0) is 37.5 Å². The molecule has 0 aliphatic rings. The summed E-state index contributed by atoms with van der Waals surface area (Å²) in [6.45, 7) is 6.11.